The van der Waals surface area contributed by atoms with Crippen molar-refractivity contribution >= 4 is 48.0 Å². The maximum absolute atomic E-state index is 12.5. The van der Waals surface area contributed by atoms with Gasteiger partial charge in [-0.2, -0.15) is 0 Å². The number of pyridine rings is 2. The number of anilines is 2. The molecule has 1 aliphatic heterocycles. The van der Waals surface area contributed by atoms with Crippen LogP contribution < -0.4 is 19.3 Å². The molecule has 0 spiro atoms. The molecule has 11 heteroatoms. The standard InChI is InChI=1S/C20H25ClN6O3S/c1-20(2,3)24-18(28)27(31)15-5-7-17(23-13-15)30-19(29)26-10-8-25(9-11-26)16-6-4-14(21)12-22-16/h4-7,12-13,31H,8-11H2,1-3H3,(H,24,28). The largest absolute Gasteiger partial charge is 0.416 e. The number of urea groups is 1. The van der Waals surface area contributed by atoms with E-state index in [4.69, 9.17) is 16.3 Å². The molecule has 1 saturated heterocycles. The van der Waals surface area contributed by atoms with Gasteiger partial charge in [0.05, 0.1) is 16.9 Å². The maximum Gasteiger partial charge on any atom is 0.416 e. The highest BCUT2D eigenvalue weighted by molar-refractivity contribution is 7.82. The van der Waals surface area contributed by atoms with Crippen molar-refractivity contribution in [3.05, 3.63) is 41.7 Å². The smallest absolute Gasteiger partial charge is 0.391 e. The molecule has 3 rings (SSSR count). The molecule has 31 heavy (non-hydrogen) atoms. The molecule has 0 atom stereocenters. The summed E-state index contributed by atoms with van der Waals surface area (Å²) in [6.07, 6.45) is 2.55. The third kappa shape index (κ3) is 6.38. The topological polar surface area (TPSA) is 90.9 Å². The molecular formula is C20H25ClN6O3S. The summed E-state index contributed by atoms with van der Waals surface area (Å²) >= 11 is 10.1. The second kappa shape index (κ2) is 9.61. The highest BCUT2D eigenvalue weighted by atomic mass is 35.5. The number of hydrogen-bond donors (Lipinski definition) is 2. The number of piperazine rings is 1. The molecule has 1 N–H and O–H groups in total. The van der Waals surface area contributed by atoms with Gasteiger partial charge in [-0.25, -0.2) is 23.9 Å². The molecule has 2 aromatic heterocycles. The van der Waals surface area contributed by atoms with Crippen molar-refractivity contribution in [1.29, 1.82) is 0 Å². The molecule has 166 valence electrons. The van der Waals surface area contributed by atoms with Crippen molar-refractivity contribution in [2.45, 2.75) is 26.3 Å². The van der Waals surface area contributed by atoms with E-state index in [-0.39, 0.29) is 11.9 Å². The quantitative estimate of drug-likeness (QED) is 0.674. The minimum atomic E-state index is -0.475. The number of ether oxygens (including phenoxy) is 1. The molecule has 0 aromatic carbocycles. The average Bonchev–Trinajstić information content (AvgIpc) is 2.73. The highest BCUT2D eigenvalue weighted by Crippen LogP contribution is 2.20. The molecule has 1 fully saturated rings. The lowest BCUT2D eigenvalue weighted by Crippen LogP contribution is -2.49. The van der Waals surface area contributed by atoms with Gasteiger partial charge in [-0.3, -0.25) is 0 Å². The Morgan fingerprint density at radius 3 is 2.35 bits per heavy atom. The van der Waals surface area contributed by atoms with Gasteiger partial charge in [0.15, 0.2) is 0 Å². The molecule has 0 aliphatic carbocycles. The zero-order chi connectivity index (χ0) is 22.6. The molecule has 0 radical (unpaired) electrons. The van der Waals surface area contributed by atoms with Gasteiger partial charge in [-0.15, -0.1) is 0 Å². The Kier molecular flexibility index (Phi) is 7.11. The third-order valence-corrected chi connectivity index (χ3v) is 5.04. The van der Waals surface area contributed by atoms with Crippen LogP contribution in [0.5, 0.6) is 5.88 Å². The van der Waals surface area contributed by atoms with E-state index in [1.165, 1.54) is 12.3 Å². The molecule has 1 aliphatic rings. The summed E-state index contributed by atoms with van der Waals surface area (Å²) in [6, 6.07) is 6.40. The Balaban J connectivity index is 1.52. The van der Waals surface area contributed by atoms with Crippen molar-refractivity contribution in [2.75, 3.05) is 35.4 Å². The lowest BCUT2D eigenvalue weighted by Gasteiger charge is -2.34. The van der Waals surface area contributed by atoms with Crippen LogP contribution in [-0.4, -0.2) is 58.7 Å². The maximum atomic E-state index is 12.5. The minimum Gasteiger partial charge on any atom is -0.391 e. The van der Waals surface area contributed by atoms with Crippen LogP contribution in [0, 0.1) is 0 Å². The van der Waals surface area contributed by atoms with E-state index in [1.54, 1.807) is 23.2 Å². The fourth-order valence-corrected chi connectivity index (χ4v) is 3.16. The van der Waals surface area contributed by atoms with E-state index in [9.17, 15) is 9.59 Å². The number of amides is 3. The second-order valence-electron chi connectivity index (χ2n) is 8.02. The van der Waals surface area contributed by atoms with Gasteiger partial charge in [-0.1, -0.05) is 24.4 Å². The lowest BCUT2D eigenvalue weighted by atomic mass is 10.1. The Labute approximate surface area is 191 Å². The monoisotopic (exact) mass is 464 g/mol. The lowest BCUT2D eigenvalue weighted by molar-refractivity contribution is 0.147. The van der Waals surface area contributed by atoms with Gasteiger partial charge < -0.3 is 19.9 Å². The number of nitrogens with one attached hydrogen (secondary N) is 1. The molecule has 9 nitrogen and oxygen atoms in total. The van der Waals surface area contributed by atoms with E-state index in [1.807, 2.05) is 26.8 Å². The van der Waals surface area contributed by atoms with E-state index >= 15 is 0 Å². The predicted molar refractivity (Wildman–Crippen MR) is 123 cm³/mol. The fraction of sp³-hybridized carbons (Fsp3) is 0.400. The predicted octanol–water partition coefficient (Wildman–Crippen LogP) is 3.61. The molecule has 3 amide bonds. The zero-order valence-electron chi connectivity index (χ0n) is 17.6. The van der Waals surface area contributed by atoms with Gasteiger partial charge in [0.2, 0.25) is 5.88 Å². The van der Waals surface area contributed by atoms with Crippen LogP contribution >= 0.6 is 24.4 Å². The Morgan fingerprint density at radius 1 is 1.10 bits per heavy atom. The molecule has 0 bridgehead atoms. The second-order valence-corrected chi connectivity index (χ2v) is 8.86. The Hall–Kier alpha value is -2.72. The molecule has 0 saturated carbocycles. The Bertz CT molecular complexity index is 912. The SMILES string of the molecule is CC(C)(C)NC(=O)N(S)c1ccc(OC(=O)N2CCN(c3ccc(Cl)cn3)CC2)nc1. The molecule has 3 heterocycles. The first kappa shape index (κ1) is 23.0. The average molecular weight is 465 g/mol. The van der Waals surface area contributed by atoms with Crippen molar-refractivity contribution < 1.29 is 14.3 Å². The summed E-state index contributed by atoms with van der Waals surface area (Å²) < 4.78 is 6.51. The molecule has 0 unspecified atom stereocenters. The first-order valence-electron chi connectivity index (χ1n) is 9.73. The molecular weight excluding hydrogens is 440 g/mol. The summed E-state index contributed by atoms with van der Waals surface area (Å²) in [5.74, 6) is 0.968. The van der Waals surface area contributed by atoms with Gasteiger partial charge >= 0.3 is 12.1 Å². The van der Waals surface area contributed by atoms with E-state index in [0.29, 0.717) is 36.9 Å². The Morgan fingerprint density at radius 2 is 1.81 bits per heavy atom. The number of nitrogens with zero attached hydrogens (tertiary/aromatic N) is 5. The van der Waals surface area contributed by atoms with E-state index < -0.39 is 11.6 Å². The van der Waals surface area contributed by atoms with Crippen LogP contribution in [0.3, 0.4) is 0 Å². The normalized spacial score (nSPS) is 14.2. The van der Waals surface area contributed by atoms with Gasteiger partial charge in [0.25, 0.3) is 0 Å². The highest BCUT2D eigenvalue weighted by Gasteiger charge is 2.24. The number of carbonyl (C=O) groups excluding carboxylic acids is 2. The number of halogens is 1. The van der Waals surface area contributed by atoms with Crippen LogP contribution in [0.1, 0.15) is 20.8 Å². The van der Waals surface area contributed by atoms with Crippen molar-refractivity contribution in [3.8, 4) is 5.88 Å². The number of hydrogen-bond acceptors (Lipinski definition) is 7. The van der Waals surface area contributed by atoms with E-state index in [0.717, 1.165) is 10.1 Å². The van der Waals surface area contributed by atoms with E-state index in [2.05, 4.69) is 33.0 Å². The van der Waals surface area contributed by atoms with Gasteiger partial charge in [0, 0.05) is 44.0 Å². The van der Waals surface area contributed by atoms with Crippen LogP contribution in [-0.2, 0) is 0 Å². The zero-order valence-corrected chi connectivity index (χ0v) is 19.2. The fourth-order valence-electron chi connectivity index (χ4n) is 2.88. The summed E-state index contributed by atoms with van der Waals surface area (Å²) in [5, 5.41) is 3.38. The third-order valence-electron chi connectivity index (χ3n) is 4.41. The summed E-state index contributed by atoms with van der Waals surface area (Å²) in [7, 11) is 0. The molecule has 2 aromatic rings. The first-order chi connectivity index (χ1) is 14.6. The van der Waals surface area contributed by atoms with Gasteiger partial charge in [0.1, 0.15) is 5.82 Å². The first-order valence-corrected chi connectivity index (χ1v) is 10.5. The summed E-state index contributed by atoms with van der Waals surface area (Å²) in [4.78, 5) is 36.7. The van der Waals surface area contributed by atoms with Crippen LogP contribution in [0.2, 0.25) is 5.02 Å². The van der Waals surface area contributed by atoms with Crippen LogP contribution in [0.15, 0.2) is 36.7 Å². The van der Waals surface area contributed by atoms with Crippen molar-refractivity contribution in [1.82, 2.24) is 20.2 Å². The number of rotatable bonds is 3. The van der Waals surface area contributed by atoms with Crippen molar-refractivity contribution in [3.63, 3.8) is 0 Å². The summed E-state index contributed by atoms with van der Waals surface area (Å²) in [5.41, 5.74) is 0.0585. The number of carbonyl (C=O) groups is 2. The van der Waals surface area contributed by atoms with Gasteiger partial charge in [-0.05, 0) is 39.0 Å². The van der Waals surface area contributed by atoms with Crippen LogP contribution in [0.4, 0.5) is 21.1 Å². The number of aromatic nitrogens is 2. The van der Waals surface area contributed by atoms with Crippen LogP contribution in [0.25, 0.3) is 0 Å². The number of thiol groups is 1. The summed E-state index contributed by atoms with van der Waals surface area (Å²) in [6.45, 7) is 7.88. The minimum absolute atomic E-state index is 0.147. The van der Waals surface area contributed by atoms with Crippen molar-refractivity contribution in [2.24, 2.45) is 0 Å².